The molecule has 1 fully saturated rings. The fourth-order valence-corrected chi connectivity index (χ4v) is 3.87. The second-order valence-corrected chi connectivity index (χ2v) is 8.92. The van der Waals surface area contributed by atoms with E-state index in [-0.39, 0.29) is 17.4 Å². The summed E-state index contributed by atoms with van der Waals surface area (Å²) < 4.78 is 15.2. The number of tetrazole rings is 1. The fourth-order valence-electron chi connectivity index (χ4n) is 3.87. The summed E-state index contributed by atoms with van der Waals surface area (Å²) in [6.45, 7) is 14.9. The largest absolute Gasteiger partial charge is 0.360 e. The molecule has 6 nitrogen and oxygen atoms in total. The van der Waals surface area contributed by atoms with E-state index in [0.29, 0.717) is 5.92 Å². The van der Waals surface area contributed by atoms with Gasteiger partial charge in [0.05, 0.1) is 31.7 Å². The first-order valence-corrected chi connectivity index (χ1v) is 9.89. The molecule has 0 aliphatic carbocycles. The van der Waals surface area contributed by atoms with Crippen LogP contribution < -0.4 is 9.80 Å². The summed E-state index contributed by atoms with van der Waals surface area (Å²) in [4.78, 5) is 3.87. The second kappa shape index (κ2) is 7.92. The van der Waals surface area contributed by atoms with Gasteiger partial charge in [0.25, 0.3) is 0 Å². The number of nitrogens with one attached hydrogen (secondary N) is 1. The predicted molar refractivity (Wildman–Crippen MR) is 104 cm³/mol. The van der Waals surface area contributed by atoms with Crippen LogP contribution in [0.5, 0.6) is 0 Å². The first-order valence-electron chi connectivity index (χ1n) is 9.89. The molecular weight excluding hydrogens is 343 g/mol. The number of halogens is 1. The van der Waals surface area contributed by atoms with Gasteiger partial charge in [0, 0.05) is 12.1 Å². The number of nitrogens with zero attached hydrogens (tertiary/aromatic N) is 5. The highest BCUT2D eigenvalue weighted by atomic mass is 19.1. The SMILES string of the molecule is CC(C)C[C@H](c1nnnn1C(C)(C)C)[NH+]1CCN(c2ccc(F)cc2)CC1. The standard InChI is InChI=1S/C20H31FN6/c1-15(2)14-18(19-22-23-24-27(19)20(3,4)5)26-12-10-25(11-13-26)17-8-6-16(21)7-9-17/h6-9,15,18H,10-14H2,1-5H3/p+1/t18-/m1/s1. The van der Waals surface area contributed by atoms with Crippen LogP contribution in [0, 0.1) is 11.7 Å². The van der Waals surface area contributed by atoms with Gasteiger partial charge in [-0.2, -0.15) is 0 Å². The molecule has 7 heteroatoms. The van der Waals surface area contributed by atoms with Crippen molar-refractivity contribution in [2.24, 2.45) is 5.92 Å². The second-order valence-electron chi connectivity index (χ2n) is 8.92. The van der Waals surface area contributed by atoms with Gasteiger partial charge in [-0.25, -0.2) is 9.07 Å². The van der Waals surface area contributed by atoms with Crippen molar-refractivity contribution >= 4 is 5.69 Å². The van der Waals surface area contributed by atoms with E-state index in [2.05, 4.69) is 55.0 Å². The van der Waals surface area contributed by atoms with Crippen molar-refractivity contribution in [1.29, 1.82) is 0 Å². The van der Waals surface area contributed by atoms with E-state index in [0.717, 1.165) is 44.1 Å². The molecule has 2 aromatic rings. The Morgan fingerprint density at radius 3 is 2.30 bits per heavy atom. The molecule has 1 N–H and O–H groups in total. The summed E-state index contributed by atoms with van der Waals surface area (Å²) in [7, 11) is 0. The number of quaternary nitrogens is 1. The highest BCUT2D eigenvalue weighted by molar-refractivity contribution is 5.46. The normalized spacial score (nSPS) is 17.5. The van der Waals surface area contributed by atoms with Gasteiger partial charge < -0.3 is 9.80 Å². The monoisotopic (exact) mass is 375 g/mol. The Morgan fingerprint density at radius 2 is 1.74 bits per heavy atom. The van der Waals surface area contributed by atoms with Crippen molar-refractivity contribution in [2.75, 3.05) is 31.1 Å². The number of rotatable bonds is 5. The van der Waals surface area contributed by atoms with Gasteiger partial charge in [0.2, 0.25) is 5.82 Å². The van der Waals surface area contributed by atoms with E-state index in [9.17, 15) is 4.39 Å². The molecule has 0 saturated carbocycles. The molecule has 0 bridgehead atoms. The van der Waals surface area contributed by atoms with Crippen molar-refractivity contribution < 1.29 is 9.29 Å². The summed E-state index contributed by atoms with van der Waals surface area (Å²) in [6, 6.07) is 7.09. The summed E-state index contributed by atoms with van der Waals surface area (Å²) in [6.07, 6.45) is 1.06. The molecule has 0 unspecified atom stereocenters. The molecule has 1 aromatic carbocycles. The van der Waals surface area contributed by atoms with Crippen molar-refractivity contribution in [2.45, 2.75) is 52.6 Å². The van der Waals surface area contributed by atoms with Crippen LogP contribution in [0.3, 0.4) is 0 Å². The third kappa shape index (κ3) is 4.64. The summed E-state index contributed by atoms with van der Waals surface area (Å²) >= 11 is 0. The highest BCUT2D eigenvalue weighted by Crippen LogP contribution is 2.22. The Morgan fingerprint density at radius 1 is 1.11 bits per heavy atom. The third-order valence-electron chi connectivity index (χ3n) is 5.24. The van der Waals surface area contributed by atoms with Gasteiger partial charge in [0.1, 0.15) is 5.82 Å². The van der Waals surface area contributed by atoms with Crippen LogP contribution >= 0.6 is 0 Å². The molecule has 0 radical (unpaired) electrons. The summed E-state index contributed by atoms with van der Waals surface area (Å²) in [5, 5.41) is 12.7. The molecule has 0 amide bonds. The maximum atomic E-state index is 13.2. The van der Waals surface area contributed by atoms with Gasteiger partial charge >= 0.3 is 0 Å². The van der Waals surface area contributed by atoms with Crippen molar-refractivity contribution in [3.05, 3.63) is 35.9 Å². The molecule has 1 atom stereocenters. The van der Waals surface area contributed by atoms with Gasteiger partial charge in [-0.15, -0.1) is 5.10 Å². The number of anilines is 1. The van der Waals surface area contributed by atoms with Crippen LogP contribution in [0.2, 0.25) is 0 Å². The van der Waals surface area contributed by atoms with E-state index in [4.69, 9.17) is 0 Å². The Kier molecular flexibility index (Phi) is 5.79. The molecule has 148 valence electrons. The van der Waals surface area contributed by atoms with Crippen molar-refractivity contribution in [3.63, 3.8) is 0 Å². The number of hydrogen-bond donors (Lipinski definition) is 1. The lowest BCUT2D eigenvalue weighted by Crippen LogP contribution is -3.15. The molecule has 1 aliphatic rings. The zero-order valence-electron chi connectivity index (χ0n) is 17.1. The maximum absolute atomic E-state index is 13.2. The molecule has 2 heterocycles. The van der Waals surface area contributed by atoms with Crippen LogP contribution in [0.25, 0.3) is 0 Å². The average Bonchev–Trinajstić information content (AvgIpc) is 3.10. The van der Waals surface area contributed by atoms with Crippen molar-refractivity contribution in [3.8, 4) is 0 Å². The van der Waals surface area contributed by atoms with Gasteiger partial charge in [-0.05, 0) is 61.4 Å². The number of aromatic nitrogens is 4. The van der Waals surface area contributed by atoms with Crippen molar-refractivity contribution in [1.82, 2.24) is 20.2 Å². The van der Waals surface area contributed by atoms with Crippen LogP contribution in [0.1, 0.15) is 52.9 Å². The van der Waals surface area contributed by atoms with E-state index >= 15 is 0 Å². The lowest BCUT2D eigenvalue weighted by molar-refractivity contribution is -0.934. The van der Waals surface area contributed by atoms with E-state index in [1.165, 1.54) is 17.0 Å². The van der Waals surface area contributed by atoms with E-state index < -0.39 is 0 Å². The highest BCUT2D eigenvalue weighted by Gasteiger charge is 2.35. The number of hydrogen-bond acceptors (Lipinski definition) is 4. The smallest absolute Gasteiger partial charge is 0.209 e. The van der Waals surface area contributed by atoms with Crippen LogP contribution in [-0.4, -0.2) is 46.4 Å². The molecule has 1 aromatic heterocycles. The topological polar surface area (TPSA) is 51.3 Å². The summed E-state index contributed by atoms with van der Waals surface area (Å²) in [5.74, 6) is 1.37. The van der Waals surface area contributed by atoms with E-state index in [1.807, 2.05) is 16.8 Å². The van der Waals surface area contributed by atoms with Crippen LogP contribution in [-0.2, 0) is 5.54 Å². The maximum Gasteiger partial charge on any atom is 0.209 e. The van der Waals surface area contributed by atoms with Gasteiger partial charge in [-0.1, -0.05) is 13.8 Å². The minimum atomic E-state index is -0.186. The minimum absolute atomic E-state index is 0.135. The molecule has 27 heavy (non-hydrogen) atoms. The van der Waals surface area contributed by atoms with Gasteiger partial charge in [0.15, 0.2) is 6.04 Å². The lowest BCUT2D eigenvalue weighted by Gasteiger charge is -2.38. The summed E-state index contributed by atoms with van der Waals surface area (Å²) in [5.41, 5.74) is 0.957. The number of piperazine rings is 1. The lowest BCUT2D eigenvalue weighted by atomic mass is 9.99. The zero-order chi connectivity index (χ0) is 19.6. The Balaban J connectivity index is 1.76. The third-order valence-corrected chi connectivity index (χ3v) is 5.24. The fraction of sp³-hybridized carbons (Fsp3) is 0.650. The first-order chi connectivity index (χ1) is 12.8. The Hall–Kier alpha value is -2.02. The van der Waals surface area contributed by atoms with Gasteiger partial charge in [-0.3, -0.25) is 0 Å². The Bertz CT molecular complexity index is 726. The first kappa shape index (κ1) is 19.7. The molecule has 1 saturated heterocycles. The average molecular weight is 376 g/mol. The quantitative estimate of drug-likeness (QED) is 0.869. The minimum Gasteiger partial charge on any atom is -0.360 e. The number of benzene rings is 1. The molecular formula is C20H32FN6+. The molecule has 1 aliphatic heterocycles. The molecule has 0 spiro atoms. The van der Waals surface area contributed by atoms with E-state index in [1.54, 1.807) is 0 Å². The molecule has 3 rings (SSSR count). The van der Waals surface area contributed by atoms with Crippen LogP contribution in [0.15, 0.2) is 24.3 Å². The van der Waals surface area contributed by atoms with Crippen LogP contribution in [0.4, 0.5) is 10.1 Å². The Labute approximate surface area is 161 Å². The zero-order valence-corrected chi connectivity index (χ0v) is 17.1. The predicted octanol–water partition coefficient (Wildman–Crippen LogP) is 2.06.